The highest BCUT2D eigenvalue weighted by Gasteiger charge is 2.45. The number of aryl methyl sites for hydroxylation is 2. The van der Waals surface area contributed by atoms with Gasteiger partial charge in [-0.25, -0.2) is 8.42 Å². The van der Waals surface area contributed by atoms with E-state index in [4.69, 9.17) is 9.84 Å². The van der Waals surface area contributed by atoms with E-state index in [9.17, 15) is 18.0 Å². The lowest BCUT2D eigenvalue weighted by atomic mass is 9.75. The zero-order valence-corrected chi connectivity index (χ0v) is 21.0. The van der Waals surface area contributed by atoms with Crippen LogP contribution in [-0.4, -0.2) is 48.6 Å². The minimum Gasteiger partial charge on any atom is -0.494 e. The summed E-state index contributed by atoms with van der Waals surface area (Å²) in [4.78, 5) is 26.0. The quantitative estimate of drug-likeness (QED) is 0.575. The summed E-state index contributed by atoms with van der Waals surface area (Å²) in [6.45, 7) is 3.00. The summed E-state index contributed by atoms with van der Waals surface area (Å²) in [6.07, 6.45) is 7.58. The van der Waals surface area contributed by atoms with Crippen LogP contribution >= 0.6 is 0 Å². The molecule has 0 unspecified atom stereocenters. The third-order valence-electron chi connectivity index (χ3n) is 7.11. The lowest BCUT2D eigenvalue weighted by Crippen LogP contribution is -2.55. The second kappa shape index (κ2) is 8.96. The van der Waals surface area contributed by atoms with Crippen molar-refractivity contribution < 1.29 is 22.7 Å². The molecule has 1 aromatic heterocycles. The number of benzene rings is 1. The molecular formula is C25H32N4O5S. The Kier molecular flexibility index (Phi) is 6.11. The van der Waals surface area contributed by atoms with Crippen molar-refractivity contribution in [2.75, 3.05) is 23.9 Å². The minimum atomic E-state index is -3.50. The molecule has 2 aromatic rings. The Balaban J connectivity index is 1.50. The number of hydrogen-bond donors (Lipinski definition) is 2. The number of fused-ring (bicyclic) bond motifs is 3. The van der Waals surface area contributed by atoms with Crippen LogP contribution in [-0.2, 0) is 39.6 Å². The van der Waals surface area contributed by atoms with Crippen LogP contribution in [0.5, 0.6) is 5.75 Å². The number of ether oxygens (including phenoxy) is 1. The Morgan fingerprint density at radius 2 is 2.14 bits per heavy atom. The van der Waals surface area contributed by atoms with Crippen LogP contribution in [0.3, 0.4) is 0 Å². The number of rotatable bonds is 8. The Bertz CT molecular complexity index is 1280. The monoisotopic (exact) mass is 500 g/mol. The molecule has 2 aliphatic carbocycles. The normalized spacial score (nSPS) is 21.3. The maximum atomic E-state index is 13.5. The number of nitrogens with zero attached hydrogens (tertiary/aromatic N) is 2. The molecule has 10 heteroatoms. The third-order valence-corrected chi connectivity index (χ3v) is 7.90. The molecule has 2 heterocycles. The highest BCUT2D eigenvalue weighted by Crippen LogP contribution is 2.42. The summed E-state index contributed by atoms with van der Waals surface area (Å²) >= 11 is 0. The van der Waals surface area contributed by atoms with Crippen LogP contribution in [0.25, 0.3) is 0 Å². The number of sulfone groups is 1. The van der Waals surface area contributed by atoms with E-state index in [2.05, 4.69) is 16.7 Å². The van der Waals surface area contributed by atoms with Crippen molar-refractivity contribution >= 4 is 27.3 Å². The Hall–Kier alpha value is -2.88. The van der Waals surface area contributed by atoms with Crippen LogP contribution in [0.15, 0.2) is 18.2 Å². The van der Waals surface area contributed by atoms with Crippen LogP contribution in [0, 0.1) is 5.92 Å². The van der Waals surface area contributed by atoms with Gasteiger partial charge in [0.2, 0.25) is 5.91 Å². The topological polar surface area (TPSA) is 119 Å². The van der Waals surface area contributed by atoms with E-state index in [-0.39, 0.29) is 5.91 Å². The fraction of sp³-hybridized carbons (Fsp3) is 0.560. The maximum Gasteiger partial charge on any atom is 0.272 e. The summed E-state index contributed by atoms with van der Waals surface area (Å²) in [7, 11) is -3.50. The molecule has 1 spiro atoms. The molecule has 3 aliphatic rings. The van der Waals surface area contributed by atoms with E-state index in [1.54, 1.807) is 4.68 Å². The summed E-state index contributed by atoms with van der Waals surface area (Å²) in [5, 5.41) is 10.7. The van der Waals surface area contributed by atoms with Gasteiger partial charge in [-0.05, 0) is 68.2 Å². The average Bonchev–Trinajstić information content (AvgIpc) is 3.53. The van der Waals surface area contributed by atoms with Gasteiger partial charge in [-0.1, -0.05) is 18.9 Å². The average molecular weight is 501 g/mol. The number of carbonyl (C=O) groups excluding carboxylic acids is 2. The smallest absolute Gasteiger partial charge is 0.272 e. The largest absolute Gasteiger partial charge is 0.494 e. The standard InChI is InChI=1S/C25H32N4O5S/c1-3-34-18-9-10-19-17(13-18)5-4-12-25(19)15-29-23(24(31)27-25)22(26-21(30)14-35(2,32)33)20(28-29)11-8-16-6-7-16/h9-10,13,16H,3-8,11-12,14-15H2,1-2H3,(H,26,30)(H,27,31)/t25-/m0/s1. The second-order valence-corrected chi connectivity index (χ2v) is 12.2. The fourth-order valence-electron chi connectivity index (χ4n) is 5.41. The van der Waals surface area contributed by atoms with E-state index >= 15 is 0 Å². The molecule has 0 bridgehead atoms. The second-order valence-electron chi connectivity index (χ2n) is 10.1. The van der Waals surface area contributed by atoms with Gasteiger partial charge < -0.3 is 15.4 Å². The van der Waals surface area contributed by atoms with Crippen LogP contribution in [0.2, 0.25) is 0 Å². The van der Waals surface area contributed by atoms with Gasteiger partial charge in [0.25, 0.3) is 5.91 Å². The molecule has 9 nitrogen and oxygen atoms in total. The van der Waals surface area contributed by atoms with E-state index in [0.29, 0.717) is 42.6 Å². The number of nitrogens with one attached hydrogen (secondary N) is 2. The lowest BCUT2D eigenvalue weighted by Gasteiger charge is -2.42. The molecular weight excluding hydrogens is 468 g/mol. The molecule has 5 rings (SSSR count). The molecule has 1 aromatic carbocycles. The predicted octanol–water partition coefficient (Wildman–Crippen LogP) is 2.58. The van der Waals surface area contributed by atoms with Crippen molar-refractivity contribution in [2.24, 2.45) is 5.92 Å². The van der Waals surface area contributed by atoms with Crippen LogP contribution < -0.4 is 15.4 Å². The Morgan fingerprint density at radius 3 is 2.86 bits per heavy atom. The number of aromatic nitrogens is 2. The molecule has 188 valence electrons. The predicted molar refractivity (Wildman–Crippen MR) is 131 cm³/mol. The lowest BCUT2D eigenvalue weighted by molar-refractivity contribution is -0.113. The van der Waals surface area contributed by atoms with E-state index in [1.807, 2.05) is 19.1 Å². The molecule has 1 fully saturated rings. The number of carbonyl (C=O) groups is 2. The van der Waals surface area contributed by atoms with Gasteiger partial charge in [0, 0.05) is 6.26 Å². The number of hydrogen-bond acceptors (Lipinski definition) is 6. The van der Waals surface area contributed by atoms with Crippen molar-refractivity contribution in [2.45, 2.75) is 64.0 Å². The van der Waals surface area contributed by atoms with Crippen LogP contribution in [0.1, 0.15) is 66.3 Å². The van der Waals surface area contributed by atoms with Crippen LogP contribution in [0.4, 0.5) is 5.69 Å². The molecule has 1 aliphatic heterocycles. The van der Waals surface area contributed by atoms with Crippen molar-refractivity contribution in [1.82, 2.24) is 15.1 Å². The molecule has 1 atom stereocenters. The van der Waals surface area contributed by atoms with Gasteiger partial charge in [-0.3, -0.25) is 14.3 Å². The SMILES string of the molecule is CCOc1ccc2c(c1)CCC[C@]21Cn2nc(CCC3CC3)c(NC(=O)CS(C)(=O)=O)c2C(=O)N1. The van der Waals surface area contributed by atoms with Gasteiger partial charge in [0.15, 0.2) is 9.84 Å². The molecule has 35 heavy (non-hydrogen) atoms. The van der Waals surface area contributed by atoms with Gasteiger partial charge in [0.1, 0.15) is 17.2 Å². The summed E-state index contributed by atoms with van der Waals surface area (Å²) in [5.41, 5.74) is 2.92. The van der Waals surface area contributed by atoms with E-state index < -0.39 is 27.0 Å². The van der Waals surface area contributed by atoms with E-state index in [0.717, 1.165) is 48.8 Å². The third kappa shape index (κ3) is 4.94. The van der Waals surface area contributed by atoms with E-state index in [1.165, 1.54) is 12.8 Å². The first-order valence-electron chi connectivity index (χ1n) is 12.3. The molecule has 2 amide bonds. The zero-order valence-electron chi connectivity index (χ0n) is 20.2. The first-order valence-corrected chi connectivity index (χ1v) is 14.4. The van der Waals surface area contributed by atoms with Gasteiger partial charge in [-0.2, -0.15) is 5.10 Å². The highest BCUT2D eigenvalue weighted by atomic mass is 32.2. The fourth-order valence-corrected chi connectivity index (χ4v) is 5.95. The van der Waals surface area contributed by atoms with Crippen molar-refractivity contribution in [3.63, 3.8) is 0 Å². The molecule has 2 N–H and O–H groups in total. The first-order chi connectivity index (χ1) is 16.7. The van der Waals surface area contributed by atoms with Crippen molar-refractivity contribution in [3.05, 3.63) is 40.7 Å². The molecule has 0 saturated heterocycles. The number of anilines is 1. The Morgan fingerprint density at radius 1 is 1.34 bits per heavy atom. The molecule has 0 radical (unpaired) electrons. The summed E-state index contributed by atoms with van der Waals surface area (Å²) < 4.78 is 30.7. The van der Waals surface area contributed by atoms with Crippen molar-refractivity contribution in [1.29, 1.82) is 0 Å². The molecule has 1 saturated carbocycles. The number of amides is 2. The first kappa shape index (κ1) is 23.8. The Labute approximate surface area is 205 Å². The summed E-state index contributed by atoms with van der Waals surface area (Å²) in [6, 6.07) is 6.04. The van der Waals surface area contributed by atoms with Gasteiger partial charge >= 0.3 is 0 Å². The highest BCUT2D eigenvalue weighted by molar-refractivity contribution is 7.91. The summed E-state index contributed by atoms with van der Waals surface area (Å²) in [5.74, 6) is -0.129. The maximum absolute atomic E-state index is 13.5. The van der Waals surface area contributed by atoms with Gasteiger partial charge in [-0.15, -0.1) is 0 Å². The zero-order chi connectivity index (χ0) is 24.8. The van der Waals surface area contributed by atoms with Gasteiger partial charge in [0.05, 0.1) is 30.1 Å². The van der Waals surface area contributed by atoms with Crippen molar-refractivity contribution in [3.8, 4) is 5.75 Å². The minimum absolute atomic E-state index is 0.293.